The number of nitrogens with one attached hydrogen (secondary N) is 1. The van der Waals surface area contributed by atoms with Gasteiger partial charge in [0.25, 0.3) is 0 Å². The van der Waals surface area contributed by atoms with Crippen LogP contribution in [0.25, 0.3) is 22.5 Å². The third-order valence-corrected chi connectivity index (χ3v) is 6.19. The molecule has 0 aliphatic heterocycles. The van der Waals surface area contributed by atoms with Crippen molar-refractivity contribution in [1.82, 2.24) is 14.5 Å². The van der Waals surface area contributed by atoms with E-state index in [2.05, 4.69) is 46.1 Å². The minimum atomic E-state index is -0.158. The van der Waals surface area contributed by atoms with Gasteiger partial charge in [-0.05, 0) is 30.0 Å². The maximum Gasteiger partial charge on any atom is 0.222 e. The molecule has 2 heterocycles. The van der Waals surface area contributed by atoms with Gasteiger partial charge >= 0.3 is 0 Å². The summed E-state index contributed by atoms with van der Waals surface area (Å²) < 4.78 is 2.07. The Balaban J connectivity index is 2.09. The zero-order chi connectivity index (χ0) is 21.7. The summed E-state index contributed by atoms with van der Waals surface area (Å²) in [5, 5.41) is 13.0. The summed E-state index contributed by atoms with van der Waals surface area (Å²) in [7, 11) is 2.00. The number of nitrogens with zero attached hydrogens (tertiary/aromatic N) is 3. The molecule has 30 heavy (non-hydrogen) atoms. The van der Waals surface area contributed by atoms with Crippen LogP contribution in [0.4, 0.5) is 5.82 Å². The van der Waals surface area contributed by atoms with Gasteiger partial charge in [-0.3, -0.25) is 4.79 Å². The number of imidazole rings is 1. The highest BCUT2D eigenvalue weighted by molar-refractivity contribution is 7.99. The van der Waals surface area contributed by atoms with Gasteiger partial charge in [0.1, 0.15) is 5.82 Å². The summed E-state index contributed by atoms with van der Waals surface area (Å²) in [5.41, 5.74) is 5.10. The highest BCUT2D eigenvalue weighted by Gasteiger charge is 2.19. The first-order valence-corrected chi connectivity index (χ1v) is 11.0. The van der Waals surface area contributed by atoms with E-state index in [-0.39, 0.29) is 18.4 Å². The third kappa shape index (κ3) is 5.09. The number of rotatable bonds is 8. The van der Waals surface area contributed by atoms with E-state index in [0.717, 1.165) is 39.8 Å². The van der Waals surface area contributed by atoms with Gasteiger partial charge in [-0.15, -0.1) is 0 Å². The van der Waals surface area contributed by atoms with E-state index in [1.54, 1.807) is 18.0 Å². The minimum absolute atomic E-state index is 0.153. The summed E-state index contributed by atoms with van der Waals surface area (Å²) >= 11 is 1.63. The topological polar surface area (TPSA) is 80.0 Å². The Morgan fingerprint density at radius 2 is 1.97 bits per heavy atom. The normalized spacial score (nSPS) is 12.0. The number of amides is 1. The Bertz CT molecular complexity index is 1010. The average molecular weight is 425 g/mol. The van der Waals surface area contributed by atoms with Crippen molar-refractivity contribution in [2.75, 3.05) is 17.7 Å². The van der Waals surface area contributed by atoms with Crippen molar-refractivity contribution in [3.05, 3.63) is 48.2 Å². The maximum absolute atomic E-state index is 11.5. The van der Waals surface area contributed by atoms with Crippen LogP contribution in [0, 0.1) is 5.92 Å². The van der Waals surface area contributed by atoms with Crippen LogP contribution in [-0.2, 0) is 18.3 Å². The van der Waals surface area contributed by atoms with Gasteiger partial charge in [-0.1, -0.05) is 49.9 Å². The van der Waals surface area contributed by atoms with E-state index in [1.807, 2.05) is 26.1 Å². The molecule has 3 rings (SSSR count). The third-order valence-electron chi connectivity index (χ3n) is 4.84. The zero-order valence-electron chi connectivity index (χ0n) is 17.8. The Kier molecular flexibility index (Phi) is 7.29. The van der Waals surface area contributed by atoms with Crippen LogP contribution in [-0.4, -0.2) is 37.9 Å². The second kappa shape index (κ2) is 9.91. The van der Waals surface area contributed by atoms with Crippen LogP contribution in [0.2, 0.25) is 0 Å². The zero-order valence-corrected chi connectivity index (χ0v) is 18.7. The van der Waals surface area contributed by atoms with E-state index >= 15 is 0 Å². The number of aliphatic hydroxyl groups excluding tert-OH is 1. The van der Waals surface area contributed by atoms with Crippen LogP contribution in [0.1, 0.15) is 26.3 Å². The minimum Gasteiger partial charge on any atom is -0.396 e. The highest BCUT2D eigenvalue weighted by atomic mass is 32.2. The molecule has 7 heteroatoms. The van der Waals surface area contributed by atoms with Gasteiger partial charge in [0.05, 0.1) is 11.4 Å². The standard InChI is InChI=1S/C23H28N4O2S/c1-5-17-6-8-18(9-7-17)21-22(19-10-11-24-20(12-19)25-16(3)29)27(4)23(26-21)30-14-15(2)13-28/h6-12,15,28H,5,13-14H2,1-4H3,(H,24,25,29). The number of carbonyl (C=O) groups excluding carboxylic acids is 1. The fourth-order valence-electron chi connectivity index (χ4n) is 3.13. The molecule has 158 valence electrons. The molecule has 1 amide bonds. The molecule has 2 aromatic heterocycles. The number of hydrogen-bond acceptors (Lipinski definition) is 5. The number of aromatic nitrogens is 3. The molecule has 3 aromatic rings. The van der Waals surface area contributed by atoms with Crippen LogP contribution < -0.4 is 5.32 Å². The van der Waals surface area contributed by atoms with Crippen molar-refractivity contribution in [2.24, 2.45) is 13.0 Å². The maximum atomic E-state index is 11.5. The number of aliphatic hydroxyl groups is 1. The molecule has 6 nitrogen and oxygen atoms in total. The van der Waals surface area contributed by atoms with Gasteiger partial charge in [-0.25, -0.2) is 9.97 Å². The summed E-state index contributed by atoms with van der Waals surface area (Å²) in [4.78, 5) is 20.7. The Hall–Kier alpha value is -2.64. The molecule has 0 saturated heterocycles. The largest absolute Gasteiger partial charge is 0.396 e. The van der Waals surface area contributed by atoms with Gasteiger partial charge < -0.3 is 15.0 Å². The van der Waals surface area contributed by atoms with Gasteiger partial charge in [0.2, 0.25) is 5.91 Å². The number of hydrogen-bond donors (Lipinski definition) is 2. The molecule has 0 aliphatic rings. The predicted molar refractivity (Wildman–Crippen MR) is 123 cm³/mol. The van der Waals surface area contributed by atoms with E-state index in [1.165, 1.54) is 12.5 Å². The monoisotopic (exact) mass is 424 g/mol. The lowest BCUT2D eigenvalue weighted by Crippen LogP contribution is -2.07. The molecule has 0 spiro atoms. The first-order valence-electron chi connectivity index (χ1n) is 10.1. The van der Waals surface area contributed by atoms with Crippen LogP contribution >= 0.6 is 11.8 Å². The summed E-state index contributed by atoms with van der Waals surface area (Å²) in [6.45, 7) is 5.78. The Labute approximate surface area is 181 Å². The lowest BCUT2D eigenvalue weighted by Gasteiger charge is -2.10. The second-order valence-corrected chi connectivity index (χ2v) is 8.40. The SMILES string of the molecule is CCc1ccc(-c2nc(SCC(C)CO)n(C)c2-c2ccnc(NC(C)=O)c2)cc1. The Morgan fingerprint density at radius 3 is 2.60 bits per heavy atom. The molecule has 1 unspecified atom stereocenters. The molecule has 0 saturated carbocycles. The summed E-state index contributed by atoms with van der Waals surface area (Å²) in [6.07, 6.45) is 2.68. The van der Waals surface area contributed by atoms with Crippen molar-refractivity contribution in [3.8, 4) is 22.5 Å². The molecule has 1 atom stereocenters. The second-order valence-electron chi connectivity index (χ2n) is 7.41. The van der Waals surface area contributed by atoms with Crippen molar-refractivity contribution >= 4 is 23.5 Å². The summed E-state index contributed by atoms with van der Waals surface area (Å²) in [6, 6.07) is 12.3. The first kappa shape index (κ1) is 22.1. The highest BCUT2D eigenvalue weighted by Crippen LogP contribution is 2.36. The molecular formula is C23H28N4O2S. The molecule has 0 bridgehead atoms. The molecule has 1 aromatic carbocycles. The van der Waals surface area contributed by atoms with Crippen LogP contribution in [0.3, 0.4) is 0 Å². The van der Waals surface area contributed by atoms with Crippen molar-refractivity contribution in [2.45, 2.75) is 32.3 Å². The number of anilines is 1. The van der Waals surface area contributed by atoms with E-state index in [9.17, 15) is 9.90 Å². The fraction of sp³-hybridized carbons (Fsp3) is 0.348. The number of thioether (sulfide) groups is 1. The summed E-state index contributed by atoms with van der Waals surface area (Å²) in [5.74, 6) is 1.32. The van der Waals surface area contributed by atoms with Crippen molar-refractivity contribution < 1.29 is 9.90 Å². The molecular weight excluding hydrogens is 396 g/mol. The fourth-order valence-corrected chi connectivity index (χ4v) is 4.11. The van der Waals surface area contributed by atoms with Crippen molar-refractivity contribution in [3.63, 3.8) is 0 Å². The quantitative estimate of drug-likeness (QED) is 0.524. The lowest BCUT2D eigenvalue weighted by atomic mass is 10.0. The molecule has 0 fully saturated rings. The number of benzene rings is 1. The van der Waals surface area contributed by atoms with Crippen LogP contribution in [0.5, 0.6) is 0 Å². The van der Waals surface area contributed by atoms with Crippen molar-refractivity contribution in [1.29, 1.82) is 0 Å². The van der Waals surface area contributed by atoms with Gasteiger partial charge in [-0.2, -0.15) is 0 Å². The number of aryl methyl sites for hydroxylation is 1. The molecule has 2 N–H and O–H groups in total. The number of carbonyl (C=O) groups is 1. The predicted octanol–water partition coefficient (Wildman–Crippen LogP) is 4.39. The average Bonchev–Trinajstić information content (AvgIpc) is 3.08. The smallest absolute Gasteiger partial charge is 0.222 e. The van der Waals surface area contributed by atoms with E-state index in [4.69, 9.17) is 4.98 Å². The molecule has 0 radical (unpaired) electrons. The van der Waals surface area contributed by atoms with Crippen LogP contribution in [0.15, 0.2) is 47.8 Å². The van der Waals surface area contributed by atoms with Gasteiger partial charge in [0, 0.05) is 43.7 Å². The first-order chi connectivity index (χ1) is 14.4. The van der Waals surface area contributed by atoms with Gasteiger partial charge in [0.15, 0.2) is 5.16 Å². The van der Waals surface area contributed by atoms with E-state index < -0.39 is 0 Å². The lowest BCUT2D eigenvalue weighted by molar-refractivity contribution is -0.114. The van der Waals surface area contributed by atoms with E-state index in [0.29, 0.717) is 5.82 Å². The number of pyridine rings is 1. The Morgan fingerprint density at radius 1 is 1.23 bits per heavy atom. The molecule has 0 aliphatic carbocycles.